The van der Waals surface area contributed by atoms with Crippen molar-refractivity contribution in [2.45, 2.75) is 12.5 Å². The van der Waals surface area contributed by atoms with Gasteiger partial charge in [-0.3, -0.25) is 14.9 Å². The molecule has 0 radical (unpaired) electrons. The van der Waals surface area contributed by atoms with Gasteiger partial charge in [0.15, 0.2) is 6.29 Å². The van der Waals surface area contributed by atoms with E-state index in [0.717, 1.165) is 6.54 Å². The molecule has 1 fully saturated rings. The average molecular weight is 143 g/mol. The molecule has 1 atom stereocenters. The Labute approximate surface area is 58.5 Å². The van der Waals surface area contributed by atoms with E-state index in [-0.39, 0.29) is 0 Å². The molecule has 0 aromatic carbocycles. The molecule has 1 N–H and O–H groups in total. The second-order valence-corrected chi connectivity index (χ2v) is 2.11. The lowest BCUT2D eigenvalue weighted by atomic mass is 10.1. The van der Waals surface area contributed by atoms with E-state index in [1.807, 2.05) is 0 Å². The zero-order valence-corrected chi connectivity index (χ0v) is 5.50. The highest BCUT2D eigenvalue weighted by Gasteiger charge is 2.20. The molecular formula is C6H9NO3. The zero-order valence-electron chi connectivity index (χ0n) is 5.50. The summed E-state index contributed by atoms with van der Waals surface area (Å²) in [6, 6.07) is 0. The summed E-state index contributed by atoms with van der Waals surface area (Å²) in [5.41, 5.74) is 0. The summed E-state index contributed by atoms with van der Waals surface area (Å²) in [7, 11) is 0. The Morgan fingerprint density at radius 3 is 3.00 bits per heavy atom. The molecule has 1 rings (SSSR count). The van der Waals surface area contributed by atoms with Gasteiger partial charge in [0.05, 0.1) is 6.73 Å². The number of ether oxygens (including phenoxy) is 1. The number of hydrogen-bond donors (Lipinski definition) is 1. The Kier molecular flexibility index (Phi) is 2.53. The molecule has 1 aliphatic heterocycles. The van der Waals surface area contributed by atoms with Crippen LogP contribution in [0.15, 0.2) is 0 Å². The van der Waals surface area contributed by atoms with Crippen molar-refractivity contribution >= 4 is 12.1 Å². The molecule has 1 aliphatic rings. The van der Waals surface area contributed by atoms with Crippen LogP contribution >= 0.6 is 0 Å². The second-order valence-electron chi connectivity index (χ2n) is 2.11. The third kappa shape index (κ3) is 1.62. The first-order valence-electron chi connectivity index (χ1n) is 3.16. The molecule has 10 heavy (non-hydrogen) atoms. The summed E-state index contributed by atoms with van der Waals surface area (Å²) in [6.07, 6.45) is 0.409. The van der Waals surface area contributed by atoms with Crippen LogP contribution in [0.4, 0.5) is 0 Å². The van der Waals surface area contributed by atoms with Crippen LogP contribution in [-0.4, -0.2) is 31.4 Å². The van der Waals surface area contributed by atoms with Crippen molar-refractivity contribution in [2.24, 2.45) is 0 Å². The maximum Gasteiger partial charge on any atom is 0.223 e. The standard InChI is InChI=1S/C6H9NO3/c8-3-5(9)6-1-2-7-4-10-6/h3,6-7H,1-2,4H2. The molecule has 0 aliphatic carbocycles. The third-order valence-corrected chi connectivity index (χ3v) is 1.40. The zero-order chi connectivity index (χ0) is 7.40. The molecular weight excluding hydrogens is 134 g/mol. The Balaban J connectivity index is 2.38. The molecule has 4 heteroatoms. The summed E-state index contributed by atoms with van der Waals surface area (Å²) in [6.45, 7) is 1.11. The summed E-state index contributed by atoms with van der Waals surface area (Å²) in [5.74, 6) is -0.457. The fourth-order valence-electron chi connectivity index (χ4n) is 0.848. The van der Waals surface area contributed by atoms with E-state index in [2.05, 4.69) is 5.32 Å². The lowest BCUT2D eigenvalue weighted by Crippen LogP contribution is -2.38. The molecule has 0 saturated carbocycles. The highest BCUT2D eigenvalue weighted by molar-refractivity contribution is 6.27. The van der Waals surface area contributed by atoms with Gasteiger partial charge in [-0.1, -0.05) is 0 Å². The van der Waals surface area contributed by atoms with Crippen LogP contribution in [0, 0.1) is 0 Å². The summed E-state index contributed by atoms with van der Waals surface area (Å²) >= 11 is 0. The lowest BCUT2D eigenvalue weighted by molar-refractivity contribution is -0.140. The van der Waals surface area contributed by atoms with Crippen LogP contribution in [0.5, 0.6) is 0 Å². The molecule has 4 nitrogen and oxygen atoms in total. The van der Waals surface area contributed by atoms with E-state index in [1.165, 1.54) is 0 Å². The number of carbonyl (C=O) groups excluding carboxylic acids is 2. The first-order chi connectivity index (χ1) is 4.84. The number of ketones is 1. The van der Waals surface area contributed by atoms with Gasteiger partial charge in [0.1, 0.15) is 6.10 Å². The molecule has 0 amide bonds. The van der Waals surface area contributed by atoms with Crippen molar-refractivity contribution < 1.29 is 14.3 Å². The van der Waals surface area contributed by atoms with Crippen molar-refractivity contribution in [3.63, 3.8) is 0 Å². The van der Waals surface area contributed by atoms with Gasteiger partial charge in [0.2, 0.25) is 5.78 Å². The fourth-order valence-corrected chi connectivity index (χ4v) is 0.848. The Morgan fingerprint density at radius 1 is 1.70 bits per heavy atom. The van der Waals surface area contributed by atoms with Crippen LogP contribution in [0.1, 0.15) is 6.42 Å². The Morgan fingerprint density at radius 2 is 2.50 bits per heavy atom. The fraction of sp³-hybridized carbons (Fsp3) is 0.667. The van der Waals surface area contributed by atoms with E-state index in [9.17, 15) is 9.59 Å². The average Bonchev–Trinajstić information content (AvgIpc) is 2.05. The molecule has 0 aromatic rings. The quantitative estimate of drug-likeness (QED) is 0.401. The van der Waals surface area contributed by atoms with Crippen molar-refractivity contribution in [1.82, 2.24) is 5.32 Å². The largest absolute Gasteiger partial charge is 0.355 e. The summed E-state index contributed by atoms with van der Waals surface area (Å²) in [4.78, 5) is 20.6. The van der Waals surface area contributed by atoms with Crippen molar-refractivity contribution in [1.29, 1.82) is 0 Å². The van der Waals surface area contributed by atoms with Crippen molar-refractivity contribution in [3.8, 4) is 0 Å². The van der Waals surface area contributed by atoms with Gasteiger partial charge in [-0.15, -0.1) is 0 Å². The van der Waals surface area contributed by atoms with E-state index in [0.29, 0.717) is 19.4 Å². The van der Waals surface area contributed by atoms with Crippen LogP contribution in [0.2, 0.25) is 0 Å². The molecule has 1 unspecified atom stereocenters. The van der Waals surface area contributed by atoms with Gasteiger partial charge in [-0.25, -0.2) is 0 Å². The van der Waals surface area contributed by atoms with Crippen molar-refractivity contribution in [3.05, 3.63) is 0 Å². The number of hydrogen-bond acceptors (Lipinski definition) is 4. The number of nitrogens with one attached hydrogen (secondary N) is 1. The summed E-state index contributed by atoms with van der Waals surface area (Å²) in [5, 5.41) is 2.90. The normalized spacial score (nSPS) is 25.8. The van der Waals surface area contributed by atoms with Crippen LogP contribution in [0.3, 0.4) is 0 Å². The molecule has 1 saturated heterocycles. The van der Waals surface area contributed by atoms with Crippen LogP contribution in [-0.2, 0) is 14.3 Å². The molecule has 0 aromatic heterocycles. The van der Waals surface area contributed by atoms with E-state index in [1.54, 1.807) is 0 Å². The second kappa shape index (κ2) is 3.43. The highest BCUT2D eigenvalue weighted by Crippen LogP contribution is 2.01. The van der Waals surface area contributed by atoms with Crippen molar-refractivity contribution in [2.75, 3.05) is 13.3 Å². The van der Waals surface area contributed by atoms with Gasteiger partial charge in [0, 0.05) is 6.54 Å². The van der Waals surface area contributed by atoms with E-state index < -0.39 is 11.9 Å². The highest BCUT2D eigenvalue weighted by atomic mass is 16.5. The van der Waals surface area contributed by atoms with Gasteiger partial charge in [-0.05, 0) is 6.42 Å². The van der Waals surface area contributed by atoms with Crippen LogP contribution < -0.4 is 5.32 Å². The number of rotatable bonds is 2. The summed E-state index contributed by atoms with van der Waals surface area (Å²) < 4.78 is 4.94. The van der Waals surface area contributed by atoms with Gasteiger partial charge in [-0.2, -0.15) is 0 Å². The van der Waals surface area contributed by atoms with Crippen LogP contribution in [0.25, 0.3) is 0 Å². The molecule has 0 spiro atoms. The molecule has 0 bridgehead atoms. The van der Waals surface area contributed by atoms with E-state index >= 15 is 0 Å². The molecule has 56 valence electrons. The predicted molar refractivity (Wildman–Crippen MR) is 33.4 cm³/mol. The maximum atomic E-state index is 10.6. The number of Topliss-reactive ketones (excluding diaryl/α,β-unsaturated/α-hetero) is 1. The minimum absolute atomic E-state index is 0.315. The van der Waals surface area contributed by atoms with Gasteiger partial charge < -0.3 is 4.74 Å². The topological polar surface area (TPSA) is 55.4 Å². The SMILES string of the molecule is O=CC(=O)C1CCNCO1. The smallest absolute Gasteiger partial charge is 0.223 e. The third-order valence-electron chi connectivity index (χ3n) is 1.40. The first-order valence-corrected chi connectivity index (χ1v) is 3.16. The Bertz CT molecular complexity index is 140. The van der Waals surface area contributed by atoms with E-state index in [4.69, 9.17) is 4.74 Å². The van der Waals surface area contributed by atoms with Gasteiger partial charge >= 0.3 is 0 Å². The number of aldehydes is 1. The monoisotopic (exact) mass is 143 g/mol. The maximum absolute atomic E-state index is 10.6. The predicted octanol–water partition coefficient (Wildman–Crippen LogP) is -0.910. The minimum atomic E-state index is -0.501. The molecule has 1 heterocycles. The lowest BCUT2D eigenvalue weighted by Gasteiger charge is -2.19. The minimum Gasteiger partial charge on any atom is -0.355 e. The number of carbonyl (C=O) groups is 2. The first kappa shape index (κ1) is 7.37. The Hall–Kier alpha value is -0.740. The van der Waals surface area contributed by atoms with Gasteiger partial charge in [0.25, 0.3) is 0 Å².